The monoisotopic (exact) mass is 271 g/mol. The summed E-state index contributed by atoms with van der Waals surface area (Å²) in [5.41, 5.74) is 4.49. The number of aromatic nitrogens is 2. The average molecular weight is 271 g/mol. The van der Waals surface area contributed by atoms with Gasteiger partial charge in [0, 0.05) is 23.5 Å². The van der Waals surface area contributed by atoms with E-state index >= 15 is 0 Å². The molecular formula is C12H9F4N3. The van der Waals surface area contributed by atoms with E-state index in [1.165, 1.54) is 24.8 Å². The Morgan fingerprint density at radius 2 is 1.74 bits per heavy atom. The second kappa shape index (κ2) is 4.93. The van der Waals surface area contributed by atoms with Gasteiger partial charge in [0.2, 0.25) is 0 Å². The SMILES string of the molecule is NC(c1cncnc1)c1cccc(C(F)(F)F)c1F. The predicted molar refractivity (Wildman–Crippen MR) is 59.5 cm³/mol. The van der Waals surface area contributed by atoms with Crippen molar-refractivity contribution >= 4 is 0 Å². The maximum absolute atomic E-state index is 13.9. The summed E-state index contributed by atoms with van der Waals surface area (Å²) in [5.74, 6) is -1.37. The van der Waals surface area contributed by atoms with Gasteiger partial charge in [0.1, 0.15) is 12.1 Å². The van der Waals surface area contributed by atoms with Crippen LogP contribution in [0.25, 0.3) is 0 Å². The van der Waals surface area contributed by atoms with Crippen molar-refractivity contribution in [2.75, 3.05) is 0 Å². The molecule has 0 aliphatic rings. The molecule has 3 nitrogen and oxygen atoms in total. The zero-order chi connectivity index (χ0) is 14.0. The number of halogens is 4. The Labute approximate surface area is 106 Å². The second-order valence-electron chi connectivity index (χ2n) is 3.86. The fourth-order valence-electron chi connectivity index (χ4n) is 1.66. The number of benzene rings is 1. The standard InChI is InChI=1S/C12H9F4N3/c13-10-8(2-1-3-9(10)12(14,15)16)11(17)7-4-18-6-19-5-7/h1-6,11H,17H2. The molecule has 7 heteroatoms. The van der Waals surface area contributed by atoms with Crippen LogP contribution in [0.1, 0.15) is 22.7 Å². The molecule has 0 spiro atoms. The van der Waals surface area contributed by atoms with Crippen molar-refractivity contribution in [2.24, 2.45) is 5.73 Å². The predicted octanol–water partition coefficient (Wildman–Crippen LogP) is 2.68. The van der Waals surface area contributed by atoms with Gasteiger partial charge in [-0.3, -0.25) is 0 Å². The topological polar surface area (TPSA) is 51.8 Å². The molecular weight excluding hydrogens is 262 g/mol. The molecule has 1 aromatic heterocycles. The van der Waals surface area contributed by atoms with Crippen molar-refractivity contribution in [1.29, 1.82) is 0 Å². The van der Waals surface area contributed by atoms with Gasteiger partial charge in [0.25, 0.3) is 0 Å². The van der Waals surface area contributed by atoms with E-state index in [2.05, 4.69) is 9.97 Å². The van der Waals surface area contributed by atoms with E-state index in [1.807, 2.05) is 0 Å². The van der Waals surface area contributed by atoms with E-state index in [1.54, 1.807) is 0 Å². The Balaban J connectivity index is 2.47. The molecule has 0 aliphatic heterocycles. The number of rotatable bonds is 2. The summed E-state index contributed by atoms with van der Waals surface area (Å²) in [6, 6.07) is 1.95. The average Bonchev–Trinajstić information content (AvgIpc) is 2.38. The van der Waals surface area contributed by atoms with Crippen LogP contribution in [0, 0.1) is 5.82 Å². The van der Waals surface area contributed by atoms with Crippen molar-refractivity contribution in [3.63, 3.8) is 0 Å². The van der Waals surface area contributed by atoms with Crippen LogP contribution in [0.3, 0.4) is 0 Å². The van der Waals surface area contributed by atoms with Crippen LogP contribution < -0.4 is 5.73 Å². The van der Waals surface area contributed by atoms with E-state index in [0.717, 1.165) is 6.07 Å². The molecule has 2 aromatic rings. The smallest absolute Gasteiger partial charge is 0.320 e. The van der Waals surface area contributed by atoms with Crippen LogP contribution in [0.15, 0.2) is 36.9 Å². The first-order chi connectivity index (χ1) is 8.91. The van der Waals surface area contributed by atoms with Gasteiger partial charge in [-0.15, -0.1) is 0 Å². The molecule has 1 aromatic carbocycles. The van der Waals surface area contributed by atoms with Crippen LogP contribution in [0.4, 0.5) is 17.6 Å². The van der Waals surface area contributed by atoms with Crippen LogP contribution in [0.5, 0.6) is 0 Å². The second-order valence-corrected chi connectivity index (χ2v) is 3.86. The molecule has 1 atom stereocenters. The third-order valence-electron chi connectivity index (χ3n) is 2.61. The first kappa shape index (κ1) is 13.4. The minimum Gasteiger partial charge on any atom is -0.320 e. The molecule has 0 saturated carbocycles. The maximum atomic E-state index is 13.9. The first-order valence-corrected chi connectivity index (χ1v) is 5.27. The lowest BCUT2D eigenvalue weighted by atomic mass is 9.99. The summed E-state index contributed by atoms with van der Waals surface area (Å²) in [6.07, 6.45) is -0.847. The van der Waals surface area contributed by atoms with E-state index in [0.29, 0.717) is 11.6 Å². The number of alkyl halides is 3. The lowest BCUT2D eigenvalue weighted by Crippen LogP contribution is -2.17. The summed E-state index contributed by atoms with van der Waals surface area (Å²) >= 11 is 0. The Bertz CT molecular complexity index is 569. The van der Waals surface area contributed by atoms with E-state index in [-0.39, 0.29) is 5.56 Å². The number of nitrogens with two attached hydrogens (primary N) is 1. The molecule has 2 N–H and O–H groups in total. The lowest BCUT2D eigenvalue weighted by Gasteiger charge is -2.16. The van der Waals surface area contributed by atoms with Crippen molar-refractivity contribution in [2.45, 2.75) is 12.2 Å². The Hall–Kier alpha value is -2.02. The minimum absolute atomic E-state index is 0.246. The van der Waals surface area contributed by atoms with E-state index < -0.39 is 23.6 Å². The molecule has 0 aliphatic carbocycles. The molecule has 1 heterocycles. The summed E-state index contributed by atoms with van der Waals surface area (Å²) in [4.78, 5) is 7.39. The lowest BCUT2D eigenvalue weighted by molar-refractivity contribution is -0.140. The van der Waals surface area contributed by atoms with Crippen LogP contribution in [0.2, 0.25) is 0 Å². The molecule has 100 valence electrons. The third kappa shape index (κ3) is 2.70. The van der Waals surface area contributed by atoms with Crippen molar-refractivity contribution in [3.8, 4) is 0 Å². The van der Waals surface area contributed by atoms with Gasteiger partial charge in [-0.1, -0.05) is 12.1 Å². The maximum Gasteiger partial charge on any atom is 0.419 e. The van der Waals surface area contributed by atoms with Crippen molar-refractivity contribution < 1.29 is 17.6 Å². The molecule has 19 heavy (non-hydrogen) atoms. The van der Waals surface area contributed by atoms with Crippen LogP contribution >= 0.6 is 0 Å². The van der Waals surface area contributed by atoms with E-state index in [9.17, 15) is 17.6 Å². The Morgan fingerprint density at radius 3 is 2.32 bits per heavy atom. The molecule has 0 saturated heterocycles. The fraction of sp³-hybridized carbons (Fsp3) is 0.167. The molecule has 0 fully saturated rings. The molecule has 1 unspecified atom stereocenters. The number of hydrogen-bond donors (Lipinski definition) is 1. The van der Waals surface area contributed by atoms with Gasteiger partial charge in [-0.2, -0.15) is 13.2 Å². The van der Waals surface area contributed by atoms with Gasteiger partial charge < -0.3 is 5.73 Å². The van der Waals surface area contributed by atoms with Crippen molar-refractivity contribution in [1.82, 2.24) is 9.97 Å². The molecule has 0 bridgehead atoms. The molecule has 2 rings (SSSR count). The minimum atomic E-state index is -4.76. The van der Waals surface area contributed by atoms with Crippen LogP contribution in [-0.4, -0.2) is 9.97 Å². The van der Waals surface area contributed by atoms with Gasteiger partial charge >= 0.3 is 6.18 Å². The van der Waals surface area contributed by atoms with Crippen molar-refractivity contribution in [3.05, 3.63) is 59.4 Å². The summed E-state index contributed by atoms with van der Waals surface area (Å²) in [5, 5.41) is 0. The normalized spacial score (nSPS) is 13.3. The number of hydrogen-bond acceptors (Lipinski definition) is 3. The highest BCUT2D eigenvalue weighted by Gasteiger charge is 2.35. The molecule has 0 amide bonds. The highest BCUT2D eigenvalue weighted by Crippen LogP contribution is 2.34. The summed E-state index contributed by atoms with van der Waals surface area (Å²) in [7, 11) is 0. The largest absolute Gasteiger partial charge is 0.419 e. The highest BCUT2D eigenvalue weighted by atomic mass is 19.4. The van der Waals surface area contributed by atoms with Gasteiger partial charge in [-0.25, -0.2) is 14.4 Å². The molecule has 0 radical (unpaired) electrons. The summed E-state index contributed by atoms with van der Waals surface area (Å²) < 4.78 is 51.6. The van der Waals surface area contributed by atoms with Gasteiger partial charge in [0.05, 0.1) is 11.6 Å². The quantitative estimate of drug-likeness (QED) is 0.854. The fourth-order valence-corrected chi connectivity index (χ4v) is 1.66. The van der Waals surface area contributed by atoms with Crippen LogP contribution in [-0.2, 0) is 6.18 Å². The zero-order valence-electron chi connectivity index (χ0n) is 9.53. The number of nitrogens with zero attached hydrogens (tertiary/aromatic N) is 2. The summed E-state index contributed by atoms with van der Waals surface area (Å²) in [6.45, 7) is 0. The third-order valence-corrected chi connectivity index (χ3v) is 2.61. The Kier molecular flexibility index (Phi) is 3.48. The zero-order valence-corrected chi connectivity index (χ0v) is 9.53. The van der Waals surface area contributed by atoms with E-state index in [4.69, 9.17) is 5.73 Å². The first-order valence-electron chi connectivity index (χ1n) is 5.27. The van der Waals surface area contributed by atoms with Gasteiger partial charge in [0.15, 0.2) is 0 Å². The Morgan fingerprint density at radius 1 is 1.11 bits per heavy atom. The van der Waals surface area contributed by atoms with Gasteiger partial charge in [-0.05, 0) is 6.07 Å². The highest BCUT2D eigenvalue weighted by molar-refractivity contribution is 5.34.